The van der Waals surface area contributed by atoms with Crippen LogP contribution in [0.4, 0.5) is 0 Å². The van der Waals surface area contributed by atoms with Crippen molar-refractivity contribution in [2.24, 2.45) is 5.10 Å². The first-order chi connectivity index (χ1) is 7.12. The molecule has 0 saturated carbocycles. The fraction of sp³-hybridized carbons (Fsp3) is 0.333. The molecular weight excluding hydrogens is 214 g/mol. The smallest absolute Gasteiger partial charge is 0.190 e. The van der Waals surface area contributed by atoms with E-state index in [1.807, 2.05) is 0 Å². The Balaban J connectivity index is 2.37. The molecule has 2 aliphatic heterocycles. The van der Waals surface area contributed by atoms with Gasteiger partial charge in [0.25, 0.3) is 0 Å². The van der Waals surface area contributed by atoms with Gasteiger partial charge < -0.3 is 5.43 Å². The minimum atomic E-state index is -3.29. The van der Waals surface area contributed by atoms with Gasteiger partial charge in [-0.05, 0) is 18.6 Å². The van der Waals surface area contributed by atoms with Crippen LogP contribution >= 0.6 is 0 Å². The Morgan fingerprint density at radius 2 is 2.27 bits per heavy atom. The van der Waals surface area contributed by atoms with Gasteiger partial charge in [-0.3, -0.25) is 4.98 Å². The van der Waals surface area contributed by atoms with E-state index in [-0.39, 0.29) is 6.04 Å². The molecule has 0 fully saturated rings. The predicted octanol–water partition coefficient (Wildman–Crippen LogP) is 0.176. The summed E-state index contributed by atoms with van der Waals surface area (Å²) >= 11 is 0. The molecule has 0 saturated heterocycles. The van der Waals surface area contributed by atoms with Gasteiger partial charge in [0.2, 0.25) is 0 Å². The molecule has 0 bridgehead atoms. The van der Waals surface area contributed by atoms with Crippen LogP contribution in [0.1, 0.15) is 17.3 Å². The highest BCUT2D eigenvalue weighted by atomic mass is 32.2. The van der Waals surface area contributed by atoms with Crippen molar-refractivity contribution in [2.45, 2.75) is 23.1 Å². The Bertz CT molecular complexity index is 565. The molecule has 78 valence electrons. The zero-order valence-electron chi connectivity index (χ0n) is 8.01. The van der Waals surface area contributed by atoms with E-state index in [2.05, 4.69) is 15.5 Å². The molecule has 0 unspecified atom stereocenters. The minimum Gasteiger partial charge on any atom is -0.301 e. The summed E-state index contributed by atoms with van der Waals surface area (Å²) in [6.45, 7) is 1.72. The number of nitrogens with zero attached hydrogens (tertiary/aromatic N) is 2. The van der Waals surface area contributed by atoms with Crippen LogP contribution in [-0.2, 0) is 9.84 Å². The lowest BCUT2D eigenvalue weighted by molar-refractivity contribution is 0.582. The van der Waals surface area contributed by atoms with Crippen LogP contribution in [0, 0.1) is 6.92 Å². The number of nitrogens with one attached hydrogen (secondary N) is 1. The molecule has 1 aromatic heterocycles. The number of rotatable bonds is 0. The number of aromatic nitrogens is 1. The minimum absolute atomic E-state index is 0.230. The van der Waals surface area contributed by atoms with Gasteiger partial charge in [-0.1, -0.05) is 0 Å². The highest BCUT2D eigenvalue weighted by Crippen LogP contribution is 2.40. The van der Waals surface area contributed by atoms with Crippen molar-refractivity contribution >= 4 is 16.1 Å². The quantitative estimate of drug-likeness (QED) is 0.681. The second kappa shape index (κ2) is 2.57. The lowest BCUT2D eigenvalue weighted by Crippen LogP contribution is -2.22. The molecule has 0 aromatic carbocycles. The first-order valence-corrected chi connectivity index (χ1v) is 6.15. The van der Waals surface area contributed by atoms with Gasteiger partial charge >= 0.3 is 0 Å². The summed E-state index contributed by atoms with van der Waals surface area (Å²) in [5, 5.41) is 3.26. The fourth-order valence-corrected chi connectivity index (χ4v) is 4.23. The van der Waals surface area contributed by atoms with Crippen LogP contribution in [0.5, 0.6) is 0 Å². The maximum absolute atomic E-state index is 12.1. The average Bonchev–Trinajstić information content (AvgIpc) is 2.71. The molecule has 2 aliphatic rings. The topological polar surface area (TPSA) is 71.4 Å². The molecule has 3 heterocycles. The number of hydrogen-bond donors (Lipinski definition) is 1. The van der Waals surface area contributed by atoms with E-state index in [0.717, 1.165) is 5.56 Å². The Morgan fingerprint density at radius 1 is 1.47 bits per heavy atom. The van der Waals surface area contributed by atoms with E-state index >= 15 is 0 Å². The van der Waals surface area contributed by atoms with Crippen LogP contribution in [0.25, 0.3) is 0 Å². The van der Waals surface area contributed by atoms with Crippen LogP contribution < -0.4 is 5.43 Å². The second-order valence-electron chi connectivity index (χ2n) is 3.71. The van der Waals surface area contributed by atoms with E-state index in [4.69, 9.17) is 0 Å². The molecule has 15 heavy (non-hydrogen) atoms. The predicted molar refractivity (Wildman–Crippen MR) is 54.3 cm³/mol. The van der Waals surface area contributed by atoms with E-state index in [0.29, 0.717) is 10.6 Å². The molecule has 6 heteroatoms. The summed E-state index contributed by atoms with van der Waals surface area (Å²) in [6.07, 6.45) is 3.09. The van der Waals surface area contributed by atoms with Crippen LogP contribution in [0.2, 0.25) is 0 Å². The molecule has 3 rings (SSSR count). The highest BCUT2D eigenvalue weighted by molar-refractivity contribution is 7.93. The summed E-state index contributed by atoms with van der Waals surface area (Å²) in [6, 6.07) is 1.51. The fourth-order valence-electron chi connectivity index (χ4n) is 2.19. The van der Waals surface area contributed by atoms with Crippen molar-refractivity contribution < 1.29 is 8.42 Å². The standard InChI is InChI=1S/C9H9N3O2S/c1-5-9-6(2-3-10-5)8-7(4-11-12-8)15(9,13)14/h2-4,7-8,12H,1H3/t7-,8-/m0/s1. The molecule has 0 amide bonds. The van der Waals surface area contributed by atoms with Crippen LogP contribution in [0.15, 0.2) is 22.3 Å². The molecule has 1 N–H and O–H groups in total. The summed E-state index contributed by atoms with van der Waals surface area (Å²) in [5.41, 5.74) is 4.17. The van der Waals surface area contributed by atoms with Crippen molar-refractivity contribution in [3.8, 4) is 0 Å². The normalized spacial score (nSPS) is 29.7. The zero-order chi connectivity index (χ0) is 10.6. The van der Waals surface area contributed by atoms with Gasteiger partial charge in [0, 0.05) is 12.4 Å². The van der Waals surface area contributed by atoms with Crippen LogP contribution in [-0.4, -0.2) is 24.9 Å². The van der Waals surface area contributed by atoms with Crippen LogP contribution in [0.3, 0.4) is 0 Å². The monoisotopic (exact) mass is 223 g/mol. The number of aryl methyl sites for hydroxylation is 1. The Morgan fingerprint density at radius 3 is 3.07 bits per heavy atom. The molecule has 2 atom stereocenters. The highest BCUT2D eigenvalue weighted by Gasteiger charge is 2.47. The molecule has 0 aliphatic carbocycles. The third-order valence-electron chi connectivity index (χ3n) is 2.85. The Labute approximate surface area is 87.1 Å². The first kappa shape index (κ1) is 8.84. The number of hydrazone groups is 1. The SMILES string of the molecule is Cc1nccc2c1S(=O)(=O)[C@H]1C=NN[C@@H]21. The molecule has 0 radical (unpaired) electrons. The van der Waals surface area contributed by atoms with E-state index < -0.39 is 15.1 Å². The van der Waals surface area contributed by atoms with Crippen molar-refractivity contribution in [1.82, 2.24) is 10.4 Å². The van der Waals surface area contributed by atoms with E-state index in [1.54, 1.807) is 19.2 Å². The van der Waals surface area contributed by atoms with Gasteiger partial charge in [-0.25, -0.2) is 8.42 Å². The van der Waals surface area contributed by atoms with Crippen molar-refractivity contribution in [1.29, 1.82) is 0 Å². The number of fused-ring (bicyclic) bond motifs is 3. The Hall–Kier alpha value is -1.43. The largest absolute Gasteiger partial charge is 0.301 e. The van der Waals surface area contributed by atoms with Crippen molar-refractivity contribution in [3.05, 3.63) is 23.5 Å². The molecular formula is C9H9N3O2S. The molecule has 1 aromatic rings. The average molecular weight is 223 g/mol. The second-order valence-corrected chi connectivity index (χ2v) is 5.75. The van der Waals surface area contributed by atoms with Gasteiger partial charge in [0.05, 0.1) is 16.6 Å². The van der Waals surface area contributed by atoms with Gasteiger partial charge in [0.15, 0.2) is 9.84 Å². The zero-order valence-corrected chi connectivity index (χ0v) is 8.82. The lowest BCUT2D eigenvalue weighted by Gasteiger charge is -2.06. The maximum Gasteiger partial charge on any atom is 0.190 e. The summed E-state index contributed by atoms with van der Waals surface area (Å²) in [5.74, 6) is 0. The lowest BCUT2D eigenvalue weighted by atomic mass is 10.1. The van der Waals surface area contributed by atoms with Crippen molar-refractivity contribution in [2.75, 3.05) is 0 Å². The maximum atomic E-state index is 12.1. The van der Waals surface area contributed by atoms with Gasteiger partial charge in [-0.15, -0.1) is 0 Å². The molecule has 5 nitrogen and oxygen atoms in total. The Kier molecular flexibility index (Phi) is 1.52. The number of sulfone groups is 1. The van der Waals surface area contributed by atoms with E-state index in [1.165, 1.54) is 6.21 Å². The summed E-state index contributed by atoms with van der Waals surface area (Å²) in [7, 11) is -3.29. The molecule has 0 spiro atoms. The van der Waals surface area contributed by atoms with Crippen molar-refractivity contribution in [3.63, 3.8) is 0 Å². The first-order valence-electron chi connectivity index (χ1n) is 4.60. The van der Waals surface area contributed by atoms with Gasteiger partial charge in [0.1, 0.15) is 5.25 Å². The summed E-state index contributed by atoms with van der Waals surface area (Å²) < 4.78 is 24.2. The van der Waals surface area contributed by atoms with Gasteiger partial charge in [-0.2, -0.15) is 5.10 Å². The third-order valence-corrected chi connectivity index (χ3v) is 5.07. The number of hydrogen-bond acceptors (Lipinski definition) is 5. The number of pyridine rings is 1. The third kappa shape index (κ3) is 0.944. The van der Waals surface area contributed by atoms with E-state index in [9.17, 15) is 8.42 Å². The summed E-state index contributed by atoms with van der Waals surface area (Å²) in [4.78, 5) is 4.40.